The van der Waals surface area contributed by atoms with Gasteiger partial charge in [0.1, 0.15) is 0 Å². The number of carboxylic acid groups (broad SMARTS) is 1. The summed E-state index contributed by atoms with van der Waals surface area (Å²) in [6.07, 6.45) is 1.77. The Morgan fingerprint density at radius 2 is 2.10 bits per heavy atom. The number of carbonyl (C=O) groups is 1. The number of aromatic nitrogens is 2. The van der Waals surface area contributed by atoms with Gasteiger partial charge in [-0.1, -0.05) is 12.1 Å². The zero-order chi connectivity index (χ0) is 15.4. The highest BCUT2D eigenvalue weighted by atomic mass is 32.1. The van der Waals surface area contributed by atoms with Crippen molar-refractivity contribution >= 4 is 28.2 Å². The summed E-state index contributed by atoms with van der Waals surface area (Å²) in [4.78, 5) is 26.2. The molecule has 0 atom stereocenters. The first-order valence-electron chi connectivity index (χ1n) is 5.86. The number of fused-ring (bicyclic) bond motifs is 1. The second-order valence-corrected chi connectivity index (χ2v) is 4.81. The predicted molar refractivity (Wildman–Crippen MR) is 78.2 cm³/mol. The van der Waals surface area contributed by atoms with E-state index in [9.17, 15) is 14.0 Å². The van der Waals surface area contributed by atoms with Gasteiger partial charge in [-0.25, -0.2) is 4.79 Å². The number of pyridine rings is 1. The van der Waals surface area contributed by atoms with E-state index in [1.54, 1.807) is 41.2 Å². The lowest BCUT2D eigenvalue weighted by molar-refractivity contribution is 0.0688. The zero-order valence-corrected chi connectivity index (χ0v) is 11.8. The number of nitrogens with zero attached hydrogens (tertiary/aromatic N) is 2. The molecule has 21 heavy (non-hydrogen) atoms. The van der Waals surface area contributed by atoms with E-state index in [1.165, 1.54) is 13.1 Å². The molecular weight excluding hydrogens is 295 g/mol. The van der Waals surface area contributed by atoms with Crippen LogP contribution in [0.1, 0.15) is 10.4 Å². The first kappa shape index (κ1) is 14.9. The van der Waals surface area contributed by atoms with Gasteiger partial charge in [-0.15, -0.1) is 11.3 Å². The SMILES string of the molecule is Cn1c(F)c(C(=O)O)c(=O)c2ccccc21.c1cscn1. The summed E-state index contributed by atoms with van der Waals surface area (Å²) in [6.45, 7) is 0. The number of rotatable bonds is 1. The Bertz CT molecular complexity index is 811. The minimum Gasteiger partial charge on any atom is -0.477 e. The lowest BCUT2D eigenvalue weighted by Crippen LogP contribution is -2.22. The maximum Gasteiger partial charge on any atom is 0.344 e. The molecule has 3 rings (SSSR count). The van der Waals surface area contributed by atoms with Gasteiger partial charge in [-0.2, -0.15) is 4.39 Å². The summed E-state index contributed by atoms with van der Waals surface area (Å²) < 4.78 is 14.7. The summed E-state index contributed by atoms with van der Waals surface area (Å²) in [5.41, 5.74) is 0.551. The van der Waals surface area contributed by atoms with Crippen molar-refractivity contribution in [1.82, 2.24) is 9.55 Å². The Balaban J connectivity index is 0.000000272. The van der Waals surface area contributed by atoms with Crippen molar-refractivity contribution in [2.45, 2.75) is 0 Å². The maximum atomic E-state index is 13.6. The van der Waals surface area contributed by atoms with E-state index in [0.717, 1.165) is 4.57 Å². The number of para-hydroxylation sites is 1. The number of thiazole rings is 1. The van der Waals surface area contributed by atoms with Gasteiger partial charge in [0.25, 0.3) is 0 Å². The molecule has 5 nitrogen and oxygen atoms in total. The minimum absolute atomic E-state index is 0.198. The van der Waals surface area contributed by atoms with Gasteiger partial charge < -0.3 is 9.67 Å². The van der Waals surface area contributed by atoms with E-state index in [-0.39, 0.29) is 5.39 Å². The number of aryl methyl sites for hydroxylation is 1. The summed E-state index contributed by atoms with van der Waals surface area (Å²) in [6, 6.07) is 6.30. The molecule has 0 fully saturated rings. The first-order valence-corrected chi connectivity index (χ1v) is 6.81. The van der Waals surface area contributed by atoms with Crippen LogP contribution in [0.3, 0.4) is 0 Å². The number of aromatic carboxylic acids is 1. The van der Waals surface area contributed by atoms with Crippen molar-refractivity contribution in [3.05, 3.63) is 63.1 Å². The van der Waals surface area contributed by atoms with Crippen molar-refractivity contribution in [2.75, 3.05) is 0 Å². The van der Waals surface area contributed by atoms with Crippen LogP contribution in [0.2, 0.25) is 0 Å². The highest BCUT2D eigenvalue weighted by Crippen LogP contribution is 2.13. The number of carboxylic acids is 1. The Labute approximate surface area is 122 Å². The van der Waals surface area contributed by atoms with E-state index in [1.807, 2.05) is 5.38 Å². The fourth-order valence-electron chi connectivity index (χ4n) is 1.82. The summed E-state index contributed by atoms with van der Waals surface area (Å²) in [5.74, 6) is -2.58. The second-order valence-electron chi connectivity index (χ2n) is 4.05. The number of benzene rings is 1. The van der Waals surface area contributed by atoms with Gasteiger partial charge in [-0.05, 0) is 12.1 Å². The topological polar surface area (TPSA) is 72.2 Å². The molecule has 0 aliphatic rings. The Hall–Kier alpha value is -2.54. The van der Waals surface area contributed by atoms with Crippen LogP contribution in [0.4, 0.5) is 4.39 Å². The molecule has 0 spiro atoms. The molecule has 0 radical (unpaired) electrons. The molecule has 0 aliphatic carbocycles. The van der Waals surface area contributed by atoms with E-state index >= 15 is 0 Å². The lowest BCUT2D eigenvalue weighted by atomic mass is 10.1. The molecule has 3 aromatic rings. The molecule has 1 N–H and O–H groups in total. The third-order valence-electron chi connectivity index (χ3n) is 2.80. The molecule has 0 amide bonds. The van der Waals surface area contributed by atoms with Crippen LogP contribution in [0.15, 0.2) is 46.1 Å². The summed E-state index contributed by atoms with van der Waals surface area (Å²) in [5, 5.41) is 10.9. The van der Waals surface area contributed by atoms with Crippen LogP contribution in [-0.4, -0.2) is 20.6 Å². The highest BCUT2D eigenvalue weighted by Gasteiger charge is 2.20. The monoisotopic (exact) mass is 306 g/mol. The normalized spacial score (nSPS) is 10.0. The van der Waals surface area contributed by atoms with Gasteiger partial charge in [0.2, 0.25) is 11.4 Å². The Kier molecular flexibility index (Phi) is 4.44. The average Bonchev–Trinajstić information content (AvgIpc) is 3.04. The molecule has 108 valence electrons. The van der Waals surface area contributed by atoms with Crippen LogP contribution >= 0.6 is 11.3 Å². The fourth-order valence-corrected chi connectivity index (χ4v) is 2.17. The highest BCUT2D eigenvalue weighted by molar-refractivity contribution is 7.07. The van der Waals surface area contributed by atoms with Gasteiger partial charge >= 0.3 is 5.97 Å². The molecule has 0 bridgehead atoms. The van der Waals surface area contributed by atoms with Crippen LogP contribution in [0, 0.1) is 5.95 Å². The van der Waals surface area contributed by atoms with Crippen molar-refractivity contribution in [3.8, 4) is 0 Å². The Morgan fingerprint density at radius 1 is 1.38 bits per heavy atom. The number of halogens is 1. The number of hydrogen-bond acceptors (Lipinski definition) is 4. The number of hydrogen-bond donors (Lipinski definition) is 1. The molecule has 2 heterocycles. The zero-order valence-electron chi connectivity index (χ0n) is 11.0. The molecule has 2 aromatic heterocycles. The van der Waals surface area contributed by atoms with Crippen molar-refractivity contribution in [3.63, 3.8) is 0 Å². The van der Waals surface area contributed by atoms with E-state index < -0.39 is 22.9 Å². The molecule has 7 heteroatoms. The van der Waals surface area contributed by atoms with Crippen molar-refractivity contribution < 1.29 is 14.3 Å². The largest absolute Gasteiger partial charge is 0.477 e. The average molecular weight is 306 g/mol. The first-order chi connectivity index (χ1) is 10.0. The molecule has 0 saturated heterocycles. The molecule has 0 aliphatic heterocycles. The minimum atomic E-state index is -1.55. The molecule has 0 saturated carbocycles. The molecular formula is C14H11FN2O3S. The van der Waals surface area contributed by atoms with Crippen LogP contribution in [-0.2, 0) is 7.05 Å². The van der Waals surface area contributed by atoms with E-state index in [0.29, 0.717) is 5.52 Å². The van der Waals surface area contributed by atoms with Gasteiger partial charge in [0.05, 0.1) is 11.0 Å². The van der Waals surface area contributed by atoms with E-state index in [4.69, 9.17) is 5.11 Å². The third kappa shape index (κ3) is 2.97. The smallest absolute Gasteiger partial charge is 0.344 e. The van der Waals surface area contributed by atoms with E-state index in [2.05, 4.69) is 4.98 Å². The Morgan fingerprint density at radius 3 is 2.62 bits per heavy atom. The quantitative estimate of drug-likeness (QED) is 0.701. The van der Waals surface area contributed by atoms with Crippen LogP contribution in [0.25, 0.3) is 10.9 Å². The molecule has 0 unspecified atom stereocenters. The van der Waals surface area contributed by atoms with Crippen LogP contribution < -0.4 is 5.43 Å². The molecule has 1 aromatic carbocycles. The summed E-state index contributed by atoms with van der Waals surface area (Å²) in [7, 11) is 1.38. The standard InChI is InChI=1S/C11H8FNO3.C3H3NS/c1-13-7-5-3-2-4-6(7)9(14)8(10(13)12)11(15)16;1-2-5-3-4-1/h2-5H,1H3,(H,15,16);1-3H. The van der Waals surface area contributed by atoms with Gasteiger partial charge in [-0.3, -0.25) is 9.78 Å². The van der Waals surface area contributed by atoms with Crippen molar-refractivity contribution in [1.29, 1.82) is 0 Å². The summed E-state index contributed by atoms with van der Waals surface area (Å²) >= 11 is 1.60. The lowest BCUT2D eigenvalue weighted by Gasteiger charge is -2.08. The fraction of sp³-hybridized carbons (Fsp3) is 0.0714. The predicted octanol–water partition coefficient (Wildman–Crippen LogP) is 2.52. The van der Waals surface area contributed by atoms with Crippen molar-refractivity contribution in [2.24, 2.45) is 7.05 Å². The van der Waals surface area contributed by atoms with Gasteiger partial charge in [0, 0.05) is 24.0 Å². The third-order valence-corrected chi connectivity index (χ3v) is 3.32. The van der Waals surface area contributed by atoms with Crippen LogP contribution in [0.5, 0.6) is 0 Å². The van der Waals surface area contributed by atoms with Gasteiger partial charge in [0.15, 0.2) is 5.56 Å². The maximum absolute atomic E-state index is 13.6. The second kappa shape index (κ2) is 6.27.